The van der Waals surface area contributed by atoms with Crippen molar-refractivity contribution in [1.29, 1.82) is 0 Å². The minimum absolute atomic E-state index is 0.430. The molecule has 3 nitrogen and oxygen atoms in total. The Morgan fingerprint density at radius 1 is 1.38 bits per heavy atom. The molecule has 1 unspecified atom stereocenters. The van der Waals surface area contributed by atoms with Crippen LogP contribution in [0.5, 0.6) is 5.75 Å². The quantitative estimate of drug-likeness (QED) is 0.830. The number of hydrogen-bond acceptors (Lipinski definition) is 3. The molecule has 0 amide bonds. The van der Waals surface area contributed by atoms with Crippen molar-refractivity contribution in [3.05, 3.63) is 23.8 Å². The fourth-order valence-electron chi connectivity index (χ4n) is 1.79. The molecule has 90 valence electrons. The number of benzene rings is 1. The third-order valence-corrected chi connectivity index (χ3v) is 2.86. The molecule has 16 heavy (non-hydrogen) atoms. The summed E-state index contributed by atoms with van der Waals surface area (Å²) in [6.45, 7) is 2.89. The average Bonchev–Trinajstić information content (AvgIpc) is 2.28. The highest BCUT2D eigenvalue weighted by Crippen LogP contribution is 2.31. The van der Waals surface area contributed by atoms with Gasteiger partial charge in [0.15, 0.2) is 0 Å². The molecule has 1 atom stereocenters. The molecule has 1 aromatic rings. The van der Waals surface area contributed by atoms with E-state index in [-0.39, 0.29) is 0 Å². The van der Waals surface area contributed by atoms with E-state index in [0.717, 1.165) is 12.2 Å². The molecule has 0 radical (unpaired) electrons. The predicted octanol–water partition coefficient (Wildman–Crippen LogP) is 2.21. The highest BCUT2D eigenvalue weighted by Gasteiger charge is 2.12. The first-order valence-electron chi connectivity index (χ1n) is 5.65. The normalized spacial score (nSPS) is 12.3. The summed E-state index contributed by atoms with van der Waals surface area (Å²) in [5.74, 6) is 1.38. The number of ether oxygens (including phenoxy) is 1. The van der Waals surface area contributed by atoms with E-state index in [2.05, 4.69) is 24.0 Å². The van der Waals surface area contributed by atoms with Gasteiger partial charge in [0.1, 0.15) is 5.75 Å². The Labute approximate surface area is 98.2 Å². The Morgan fingerprint density at radius 2 is 2.06 bits per heavy atom. The Morgan fingerprint density at radius 3 is 2.56 bits per heavy atom. The van der Waals surface area contributed by atoms with Crippen LogP contribution in [0.15, 0.2) is 18.2 Å². The number of methoxy groups -OCH3 is 1. The van der Waals surface area contributed by atoms with Crippen LogP contribution in [0, 0.1) is 0 Å². The molecular weight excluding hydrogens is 200 g/mol. The summed E-state index contributed by atoms with van der Waals surface area (Å²) >= 11 is 0. The Bertz CT molecular complexity index is 337. The smallest absolute Gasteiger partial charge is 0.122 e. The van der Waals surface area contributed by atoms with Crippen LogP contribution >= 0.6 is 0 Å². The van der Waals surface area contributed by atoms with Gasteiger partial charge in [0, 0.05) is 19.8 Å². The van der Waals surface area contributed by atoms with E-state index in [4.69, 9.17) is 10.5 Å². The number of anilines is 1. The van der Waals surface area contributed by atoms with Gasteiger partial charge < -0.3 is 15.4 Å². The van der Waals surface area contributed by atoms with Crippen LogP contribution in [0.3, 0.4) is 0 Å². The van der Waals surface area contributed by atoms with Crippen LogP contribution < -0.4 is 15.4 Å². The zero-order chi connectivity index (χ0) is 12.1. The summed E-state index contributed by atoms with van der Waals surface area (Å²) in [4.78, 5) is 2.10. The maximum Gasteiger partial charge on any atom is 0.122 e. The molecule has 1 aromatic carbocycles. The average molecular weight is 222 g/mol. The van der Waals surface area contributed by atoms with E-state index < -0.39 is 0 Å². The van der Waals surface area contributed by atoms with Crippen LogP contribution in [0.2, 0.25) is 0 Å². The predicted molar refractivity (Wildman–Crippen MR) is 69.4 cm³/mol. The van der Waals surface area contributed by atoms with Crippen LogP contribution in [0.1, 0.15) is 24.8 Å². The third kappa shape index (κ3) is 2.89. The van der Waals surface area contributed by atoms with E-state index in [0.29, 0.717) is 12.5 Å². The van der Waals surface area contributed by atoms with Gasteiger partial charge in [-0.05, 0) is 42.6 Å². The SMILES string of the molecule is COc1ccc(N(C)C)cc1C(C)CCN. The monoisotopic (exact) mass is 222 g/mol. The molecule has 2 N–H and O–H groups in total. The molecule has 3 heteroatoms. The van der Waals surface area contributed by atoms with Crippen LogP contribution in [0.25, 0.3) is 0 Å². The highest BCUT2D eigenvalue weighted by molar-refractivity contribution is 5.53. The number of nitrogens with zero attached hydrogens (tertiary/aromatic N) is 1. The van der Waals surface area contributed by atoms with Gasteiger partial charge in [-0.2, -0.15) is 0 Å². The Hall–Kier alpha value is -1.22. The molecule has 0 saturated carbocycles. The zero-order valence-corrected chi connectivity index (χ0v) is 10.7. The van der Waals surface area contributed by atoms with Crippen molar-refractivity contribution < 1.29 is 4.74 Å². The summed E-state index contributed by atoms with van der Waals surface area (Å²) < 4.78 is 5.39. The molecular formula is C13H22N2O. The second-order valence-corrected chi connectivity index (χ2v) is 4.30. The molecule has 0 aliphatic heterocycles. The van der Waals surface area contributed by atoms with Gasteiger partial charge >= 0.3 is 0 Å². The van der Waals surface area contributed by atoms with Crippen molar-refractivity contribution in [3.63, 3.8) is 0 Å². The minimum atomic E-state index is 0.430. The van der Waals surface area contributed by atoms with Gasteiger partial charge in [-0.3, -0.25) is 0 Å². The largest absolute Gasteiger partial charge is 0.496 e. The minimum Gasteiger partial charge on any atom is -0.496 e. The molecule has 0 saturated heterocycles. The second-order valence-electron chi connectivity index (χ2n) is 4.30. The molecule has 0 heterocycles. The maximum atomic E-state index is 5.60. The van der Waals surface area contributed by atoms with Gasteiger partial charge in [0.2, 0.25) is 0 Å². The lowest BCUT2D eigenvalue weighted by Gasteiger charge is -2.19. The first-order chi connectivity index (χ1) is 7.60. The Kier molecular flexibility index (Phi) is 4.62. The topological polar surface area (TPSA) is 38.5 Å². The van der Waals surface area contributed by atoms with Gasteiger partial charge in [-0.15, -0.1) is 0 Å². The van der Waals surface area contributed by atoms with Crippen molar-refractivity contribution in [3.8, 4) is 5.75 Å². The first kappa shape index (κ1) is 12.8. The fourth-order valence-corrected chi connectivity index (χ4v) is 1.79. The lowest BCUT2D eigenvalue weighted by molar-refractivity contribution is 0.405. The third-order valence-electron chi connectivity index (χ3n) is 2.86. The zero-order valence-electron chi connectivity index (χ0n) is 10.7. The summed E-state index contributed by atoms with van der Waals surface area (Å²) in [5, 5.41) is 0. The molecule has 0 bridgehead atoms. The molecule has 1 rings (SSSR count). The van der Waals surface area contributed by atoms with E-state index in [9.17, 15) is 0 Å². The second kappa shape index (κ2) is 5.75. The van der Waals surface area contributed by atoms with Gasteiger partial charge in [-0.1, -0.05) is 6.92 Å². The van der Waals surface area contributed by atoms with E-state index in [1.54, 1.807) is 7.11 Å². The fraction of sp³-hybridized carbons (Fsp3) is 0.538. The highest BCUT2D eigenvalue weighted by atomic mass is 16.5. The summed E-state index contributed by atoms with van der Waals surface area (Å²) in [6, 6.07) is 6.27. The Balaban J connectivity index is 3.06. The number of rotatable bonds is 5. The van der Waals surface area contributed by atoms with Gasteiger partial charge in [-0.25, -0.2) is 0 Å². The van der Waals surface area contributed by atoms with E-state index >= 15 is 0 Å². The van der Waals surface area contributed by atoms with Crippen LogP contribution in [0.4, 0.5) is 5.69 Å². The summed E-state index contributed by atoms with van der Waals surface area (Å²) in [6.07, 6.45) is 0.979. The molecule has 0 aliphatic rings. The van der Waals surface area contributed by atoms with Gasteiger partial charge in [0.05, 0.1) is 7.11 Å². The first-order valence-corrected chi connectivity index (χ1v) is 5.65. The molecule has 0 fully saturated rings. The van der Waals surface area contributed by atoms with Crippen LogP contribution in [-0.4, -0.2) is 27.7 Å². The summed E-state index contributed by atoms with van der Waals surface area (Å²) in [5.41, 5.74) is 8.03. The lowest BCUT2D eigenvalue weighted by Crippen LogP contribution is -2.11. The van der Waals surface area contributed by atoms with E-state index in [1.165, 1.54) is 11.3 Å². The van der Waals surface area contributed by atoms with Crippen molar-refractivity contribution >= 4 is 5.69 Å². The van der Waals surface area contributed by atoms with Crippen molar-refractivity contribution in [2.75, 3.05) is 32.6 Å². The number of nitrogens with two attached hydrogens (primary N) is 1. The molecule has 0 aliphatic carbocycles. The lowest BCUT2D eigenvalue weighted by atomic mass is 9.96. The molecule has 0 aromatic heterocycles. The van der Waals surface area contributed by atoms with E-state index in [1.807, 2.05) is 20.2 Å². The van der Waals surface area contributed by atoms with Crippen LogP contribution in [-0.2, 0) is 0 Å². The van der Waals surface area contributed by atoms with Crippen molar-refractivity contribution in [1.82, 2.24) is 0 Å². The van der Waals surface area contributed by atoms with Crippen molar-refractivity contribution in [2.24, 2.45) is 5.73 Å². The standard InChI is InChI=1S/C13H22N2O/c1-10(7-8-14)12-9-11(15(2)3)5-6-13(12)16-4/h5-6,9-10H,7-8,14H2,1-4H3. The summed E-state index contributed by atoms with van der Waals surface area (Å²) in [7, 11) is 5.79. The van der Waals surface area contributed by atoms with Gasteiger partial charge in [0.25, 0.3) is 0 Å². The molecule has 0 spiro atoms. The maximum absolute atomic E-state index is 5.60. The van der Waals surface area contributed by atoms with Crippen molar-refractivity contribution in [2.45, 2.75) is 19.3 Å². The number of hydrogen-bond donors (Lipinski definition) is 1.